The van der Waals surface area contributed by atoms with E-state index < -0.39 is 5.60 Å². The molecule has 2 aliphatic carbocycles. The van der Waals surface area contributed by atoms with E-state index in [2.05, 4.69) is 31.8 Å². The van der Waals surface area contributed by atoms with E-state index >= 15 is 0 Å². The average Bonchev–Trinajstić information content (AvgIpc) is 3.72. The first-order valence-electron chi connectivity index (χ1n) is 15.0. The van der Waals surface area contributed by atoms with Crippen molar-refractivity contribution in [2.45, 2.75) is 63.4 Å². The van der Waals surface area contributed by atoms with Gasteiger partial charge in [-0.2, -0.15) is 0 Å². The Labute approximate surface area is 254 Å². The van der Waals surface area contributed by atoms with Crippen LogP contribution in [0.4, 0.5) is 23.0 Å². The summed E-state index contributed by atoms with van der Waals surface area (Å²) in [5.74, 6) is 2.42. The molecule has 3 aliphatic rings. The van der Waals surface area contributed by atoms with E-state index in [1.165, 1.54) is 29.7 Å². The zero-order valence-corrected chi connectivity index (χ0v) is 25.5. The molecule has 43 heavy (non-hydrogen) atoms. The maximum atomic E-state index is 13.3. The number of carbonyl (C=O) groups is 1. The number of aryl methyl sites for hydroxylation is 1. The van der Waals surface area contributed by atoms with Crippen LogP contribution in [0.25, 0.3) is 11.1 Å². The van der Waals surface area contributed by atoms with Crippen LogP contribution in [0, 0.1) is 6.92 Å². The van der Waals surface area contributed by atoms with Crippen LogP contribution in [0.5, 0.6) is 0 Å². The number of carbonyl (C=O) groups excluding carboxylic acids is 1. The lowest BCUT2D eigenvalue weighted by Crippen LogP contribution is -2.42. The van der Waals surface area contributed by atoms with Gasteiger partial charge in [0.25, 0.3) is 11.5 Å². The average molecular weight is 597 g/mol. The predicted octanol–water partition coefficient (Wildman–Crippen LogP) is 5.92. The molecule has 4 aromatic rings. The molecule has 10 heteroatoms. The van der Waals surface area contributed by atoms with Crippen molar-refractivity contribution in [3.63, 3.8) is 0 Å². The summed E-state index contributed by atoms with van der Waals surface area (Å²) in [5.41, 5.74) is 4.39. The van der Waals surface area contributed by atoms with Crippen LogP contribution in [-0.2, 0) is 7.05 Å². The number of nitrogens with one attached hydrogen (secondary N) is 2. The Morgan fingerprint density at radius 2 is 1.86 bits per heavy atom. The van der Waals surface area contributed by atoms with Crippen molar-refractivity contribution in [2.75, 3.05) is 28.6 Å². The summed E-state index contributed by atoms with van der Waals surface area (Å²) in [6, 6.07) is 13.5. The molecule has 2 unspecified atom stereocenters. The zero-order chi connectivity index (χ0) is 29.9. The number of amides is 1. The molecule has 7 rings (SSSR count). The first-order valence-corrected chi connectivity index (χ1v) is 15.8. The molecule has 2 bridgehead atoms. The number of hydrogen-bond acceptors (Lipinski definition) is 8. The number of fused-ring (bicyclic) bond motifs is 5. The molecule has 1 saturated carbocycles. The Balaban J connectivity index is 1.10. The van der Waals surface area contributed by atoms with Gasteiger partial charge in [-0.05, 0) is 105 Å². The molecule has 1 saturated heterocycles. The monoisotopic (exact) mass is 596 g/mol. The number of nitrogens with zero attached hydrogens (tertiary/aromatic N) is 4. The molecule has 2 fully saturated rings. The topological polar surface area (TPSA) is 112 Å². The van der Waals surface area contributed by atoms with Gasteiger partial charge in [0.15, 0.2) is 11.6 Å². The third kappa shape index (κ3) is 5.23. The van der Waals surface area contributed by atoms with E-state index in [0.29, 0.717) is 49.3 Å². The summed E-state index contributed by atoms with van der Waals surface area (Å²) in [5, 5.41) is 25.2. The summed E-state index contributed by atoms with van der Waals surface area (Å²) < 4.78 is 1.55. The number of aromatic nitrogens is 3. The first kappa shape index (κ1) is 27.8. The summed E-state index contributed by atoms with van der Waals surface area (Å²) >= 11 is 1.65. The third-order valence-electron chi connectivity index (χ3n) is 9.41. The minimum atomic E-state index is -0.635. The highest BCUT2D eigenvalue weighted by molar-refractivity contribution is 7.14. The molecule has 3 N–H and O–H groups in total. The highest BCUT2D eigenvalue weighted by Gasteiger charge is 2.39. The lowest BCUT2D eigenvalue weighted by Gasteiger charge is -2.36. The minimum absolute atomic E-state index is 0.0705. The van der Waals surface area contributed by atoms with Gasteiger partial charge in [0.1, 0.15) is 5.69 Å². The second kappa shape index (κ2) is 10.6. The van der Waals surface area contributed by atoms with Gasteiger partial charge in [-0.1, -0.05) is 12.1 Å². The Morgan fingerprint density at radius 3 is 2.60 bits per heavy atom. The van der Waals surface area contributed by atoms with E-state index in [1.807, 2.05) is 50.2 Å². The van der Waals surface area contributed by atoms with Gasteiger partial charge >= 0.3 is 0 Å². The predicted molar refractivity (Wildman–Crippen MR) is 171 cm³/mol. The van der Waals surface area contributed by atoms with E-state index in [9.17, 15) is 14.7 Å². The normalized spacial score (nSPS) is 20.2. The molecular formula is C33H36N6O3S. The molecule has 1 aromatic carbocycles. The Kier molecular flexibility index (Phi) is 6.85. The number of thiophene rings is 1. The molecule has 4 heterocycles. The maximum absolute atomic E-state index is 13.3. The minimum Gasteiger partial charge on any atom is -0.390 e. The van der Waals surface area contributed by atoms with Gasteiger partial charge in [0, 0.05) is 42.5 Å². The summed E-state index contributed by atoms with van der Waals surface area (Å²) in [6.07, 6.45) is 6.91. The second-order valence-corrected chi connectivity index (χ2v) is 13.6. The SMILES string of the molecule is Cc1c(NC(=O)c2cc3c(s2)C2CCC3C2)cccc1-c1cc(Nc2ccc(N3CCC(C)(O)CC3)nn2)c(=O)n(C)c1. The van der Waals surface area contributed by atoms with Crippen molar-refractivity contribution in [2.24, 2.45) is 7.05 Å². The van der Waals surface area contributed by atoms with Crippen molar-refractivity contribution in [3.05, 3.63) is 79.9 Å². The van der Waals surface area contributed by atoms with E-state index in [1.54, 1.807) is 29.1 Å². The fraction of sp³-hybridized carbons (Fsp3) is 0.394. The molecule has 3 aromatic heterocycles. The molecule has 0 spiro atoms. The first-order chi connectivity index (χ1) is 20.6. The van der Waals surface area contributed by atoms with Gasteiger partial charge in [-0.25, -0.2) is 0 Å². The lowest BCUT2D eigenvalue weighted by atomic mass is 9.94. The van der Waals surface area contributed by atoms with Crippen molar-refractivity contribution in [1.82, 2.24) is 14.8 Å². The van der Waals surface area contributed by atoms with Crippen molar-refractivity contribution >= 4 is 40.3 Å². The second-order valence-electron chi connectivity index (χ2n) is 12.5. The molecule has 222 valence electrons. The van der Waals surface area contributed by atoms with Crippen molar-refractivity contribution in [1.29, 1.82) is 0 Å². The number of aliphatic hydroxyl groups is 1. The smallest absolute Gasteiger partial charge is 0.274 e. The molecule has 0 radical (unpaired) electrons. The van der Waals surface area contributed by atoms with Crippen LogP contribution in [0.2, 0.25) is 0 Å². The van der Waals surface area contributed by atoms with Crippen LogP contribution in [0.1, 0.15) is 76.5 Å². The molecule has 1 aliphatic heterocycles. The highest BCUT2D eigenvalue weighted by Crippen LogP contribution is 2.56. The summed E-state index contributed by atoms with van der Waals surface area (Å²) in [7, 11) is 1.72. The van der Waals surface area contributed by atoms with Gasteiger partial charge in [-0.15, -0.1) is 21.5 Å². The zero-order valence-electron chi connectivity index (χ0n) is 24.7. The largest absolute Gasteiger partial charge is 0.390 e. The number of anilines is 4. The third-order valence-corrected chi connectivity index (χ3v) is 10.7. The highest BCUT2D eigenvalue weighted by atomic mass is 32.1. The van der Waals surface area contributed by atoms with Gasteiger partial charge in [-0.3, -0.25) is 9.59 Å². The maximum Gasteiger partial charge on any atom is 0.274 e. The molecular weight excluding hydrogens is 560 g/mol. The van der Waals surface area contributed by atoms with Crippen LogP contribution in [0.3, 0.4) is 0 Å². The quantitative estimate of drug-likeness (QED) is 0.253. The Bertz CT molecular complexity index is 1740. The van der Waals surface area contributed by atoms with Crippen LogP contribution in [0.15, 0.2) is 53.5 Å². The summed E-state index contributed by atoms with van der Waals surface area (Å²) in [4.78, 5) is 30.6. The number of rotatable bonds is 6. The standard InChI is InChI=1S/C33H36N6O3S/c1-19-23(5-4-6-25(19)35-31(40)27-17-24-20-7-8-21(15-20)30(24)43-27)22-16-26(32(41)38(3)18-22)34-28-9-10-29(37-36-28)39-13-11-33(2,42)12-14-39/h4-6,9-10,16-18,20-21,42H,7-8,11-15H2,1-3H3,(H,34,36)(H,35,40). The molecule has 1 amide bonds. The molecule has 9 nitrogen and oxygen atoms in total. The number of hydrogen-bond donors (Lipinski definition) is 3. The van der Waals surface area contributed by atoms with E-state index in [0.717, 1.165) is 33.1 Å². The lowest BCUT2D eigenvalue weighted by molar-refractivity contribution is 0.0350. The van der Waals surface area contributed by atoms with E-state index in [-0.39, 0.29) is 11.5 Å². The number of pyridine rings is 1. The van der Waals surface area contributed by atoms with E-state index in [4.69, 9.17) is 0 Å². The van der Waals surface area contributed by atoms with Crippen LogP contribution < -0.4 is 21.1 Å². The fourth-order valence-electron chi connectivity index (χ4n) is 6.80. The Morgan fingerprint density at radius 1 is 1.07 bits per heavy atom. The van der Waals surface area contributed by atoms with Crippen LogP contribution in [-0.4, -0.2) is 44.5 Å². The van der Waals surface area contributed by atoms with Crippen molar-refractivity contribution < 1.29 is 9.90 Å². The molecule has 2 atom stereocenters. The van der Waals surface area contributed by atoms with Gasteiger partial charge in [0.2, 0.25) is 0 Å². The number of benzene rings is 1. The fourth-order valence-corrected chi connectivity index (χ4v) is 8.09. The Hall–Kier alpha value is -4.02. The van der Waals surface area contributed by atoms with Crippen molar-refractivity contribution in [3.8, 4) is 11.1 Å². The van der Waals surface area contributed by atoms with Gasteiger partial charge in [0.05, 0.1) is 10.5 Å². The van der Waals surface area contributed by atoms with Gasteiger partial charge < -0.3 is 25.2 Å². The number of piperidine rings is 1. The summed E-state index contributed by atoms with van der Waals surface area (Å²) in [6.45, 7) is 5.28. The van der Waals surface area contributed by atoms with Crippen LogP contribution >= 0.6 is 11.3 Å².